The van der Waals surface area contributed by atoms with Gasteiger partial charge in [-0.25, -0.2) is 18.4 Å². The first-order valence-electron chi connectivity index (χ1n) is 22.3. The summed E-state index contributed by atoms with van der Waals surface area (Å²) in [5, 5.41) is 9.39. The Morgan fingerprint density at radius 1 is 0.648 bits per heavy atom. The van der Waals surface area contributed by atoms with Crippen LogP contribution in [0.15, 0.2) is 73.1 Å². The van der Waals surface area contributed by atoms with Gasteiger partial charge in [-0.2, -0.15) is 31.6 Å². The van der Waals surface area contributed by atoms with Gasteiger partial charge in [-0.1, -0.05) is 24.3 Å². The maximum absolute atomic E-state index is 14.1. The number of Topliss-reactive ketones (excluding diaryl/α,β-unsaturated/α-hetero) is 2. The Kier molecular flexibility index (Phi) is 17.0. The number of carbonyl (C=O) groups excluding carboxylic acids is 5. The second-order valence-electron chi connectivity index (χ2n) is 19.0. The van der Waals surface area contributed by atoms with Crippen molar-refractivity contribution in [1.82, 2.24) is 19.8 Å². The van der Waals surface area contributed by atoms with Crippen LogP contribution in [0.4, 0.5) is 44.7 Å². The number of ether oxygens (including phenoxy) is 2. The summed E-state index contributed by atoms with van der Waals surface area (Å²) in [5.41, 5.74) is 4.53. The minimum absolute atomic E-state index is 0.0111. The van der Waals surface area contributed by atoms with Crippen molar-refractivity contribution in [3.8, 4) is 28.3 Å². The lowest BCUT2D eigenvalue weighted by Gasteiger charge is -2.27. The van der Waals surface area contributed by atoms with Crippen LogP contribution in [0.1, 0.15) is 106 Å². The molecule has 0 bridgehead atoms. The van der Waals surface area contributed by atoms with Crippen molar-refractivity contribution in [3.63, 3.8) is 0 Å². The fourth-order valence-electron chi connectivity index (χ4n) is 7.77. The summed E-state index contributed by atoms with van der Waals surface area (Å²) in [6.07, 6.45) is -10.8. The van der Waals surface area contributed by atoms with E-state index in [1.807, 2.05) is 6.07 Å². The molecule has 0 radical (unpaired) electrons. The van der Waals surface area contributed by atoms with Crippen LogP contribution in [-0.4, -0.2) is 98.1 Å². The number of amides is 3. The zero-order chi connectivity index (χ0) is 52.8. The Bertz CT molecular complexity index is 2640. The van der Waals surface area contributed by atoms with Crippen LogP contribution in [0.3, 0.4) is 0 Å². The Morgan fingerprint density at radius 2 is 1.03 bits per heavy atom. The third-order valence-corrected chi connectivity index (χ3v) is 11.1. The molecule has 2 aliphatic heterocycles. The molecule has 4 atom stereocenters. The molecular weight excluding hydrogens is 949 g/mol. The molecule has 2 fully saturated rings. The van der Waals surface area contributed by atoms with Gasteiger partial charge in [0.25, 0.3) is 5.91 Å². The predicted octanol–water partition coefficient (Wildman–Crippen LogP) is 10.2. The van der Waals surface area contributed by atoms with Gasteiger partial charge in [-0.3, -0.25) is 34.2 Å². The van der Waals surface area contributed by atoms with Crippen LogP contribution in [0.2, 0.25) is 0 Å². The smallest absolute Gasteiger partial charge is 0.416 e. The van der Waals surface area contributed by atoms with E-state index in [1.165, 1.54) is 42.7 Å². The summed E-state index contributed by atoms with van der Waals surface area (Å²) in [6, 6.07) is 11.7. The first kappa shape index (κ1) is 55.0. The van der Waals surface area contributed by atoms with Crippen molar-refractivity contribution in [2.45, 2.75) is 128 Å². The molecule has 3 amide bonds. The number of nitriles is 1. The number of nitrogens with two attached hydrogens (primary N) is 1. The van der Waals surface area contributed by atoms with E-state index in [2.05, 4.69) is 9.97 Å². The predicted molar refractivity (Wildman–Crippen MR) is 242 cm³/mol. The molecule has 4 aromatic rings. The molecule has 2 N–H and O–H groups in total. The maximum Gasteiger partial charge on any atom is 0.416 e. The number of aryl methyl sites for hydroxylation is 2. The number of hydrogen-bond acceptors (Lipinski definition) is 10. The van der Waals surface area contributed by atoms with Crippen molar-refractivity contribution in [2.75, 3.05) is 13.1 Å². The van der Waals surface area contributed by atoms with Crippen LogP contribution in [-0.2, 0) is 44.3 Å². The molecule has 0 unspecified atom stereocenters. The number of alkyl halides is 8. The van der Waals surface area contributed by atoms with Crippen LogP contribution in [0.5, 0.6) is 0 Å². The molecule has 71 heavy (non-hydrogen) atoms. The van der Waals surface area contributed by atoms with Gasteiger partial charge in [0.2, 0.25) is 0 Å². The normalized spacial score (nSPS) is 18.3. The minimum atomic E-state index is -4.51. The lowest BCUT2D eigenvalue weighted by Crippen LogP contribution is -2.43. The zero-order valence-electron chi connectivity index (χ0n) is 39.6. The molecule has 0 aliphatic carbocycles. The minimum Gasteiger partial charge on any atom is -0.444 e. The van der Waals surface area contributed by atoms with Crippen LogP contribution < -0.4 is 5.73 Å². The van der Waals surface area contributed by atoms with Gasteiger partial charge < -0.3 is 15.2 Å². The molecule has 21 heteroatoms. The van der Waals surface area contributed by atoms with Crippen LogP contribution >= 0.6 is 0 Å². The number of primary amides is 1. The van der Waals surface area contributed by atoms with E-state index in [0.29, 0.717) is 28.1 Å². The first-order valence-corrected chi connectivity index (χ1v) is 22.3. The van der Waals surface area contributed by atoms with Crippen molar-refractivity contribution in [3.05, 3.63) is 107 Å². The average Bonchev–Trinajstić information content (AvgIpc) is 3.88. The van der Waals surface area contributed by atoms with Crippen LogP contribution in [0, 0.1) is 11.3 Å². The van der Waals surface area contributed by atoms with Crippen molar-refractivity contribution in [2.24, 2.45) is 5.73 Å². The van der Waals surface area contributed by atoms with Gasteiger partial charge >= 0.3 is 24.5 Å². The van der Waals surface area contributed by atoms with E-state index in [-0.39, 0.29) is 79.9 Å². The van der Waals surface area contributed by atoms with Gasteiger partial charge in [0.1, 0.15) is 29.6 Å². The van der Waals surface area contributed by atoms with Crippen LogP contribution in [0.25, 0.3) is 22.3 Å². The molecule has 4 heterocycles. The van der Waals surface area contributed by atoms with Gasteiger partial charge in [0, 0.05) is 55.0 Å². The van der Waals surface area contributed by atoms with Gasteiger partial charge in [-0.05, 0) is 107 Å². The summed E-state index contributed by atoms with van der Waals surface area (Å²) < 4.78 is 116. The molecule has 2 aromatic heterocycles. The molecular formula is C50H52F8N6O7. The number of likely N-dealkylation sites (tertiary alicyclic amines) is 2. The number of hydrogen-bond donors (Lipinski definition) is 1. The highest BCUT2D eigenvalue weighted by Gasteiger charge is 2.43. The Balaban J connectivity index is 0.000000264. The van der Waals surface area contributed by atoms with Gasteiger partial charge in [-0.15, -0.1) is 0 Å². The molecule has 380 valence electrons. The summed E-state index contributed by atoms with van der Waals surface area (Å²) >= 11 is 0. The summed E-state index contributed by atoms with van der Waals surface area (Å²) in [4.78, 5) is 73.0. The van der Waals surface area contributed by atoms with E-state index in [4.69, 9.17) is 15.2 Å². The van der Waals surface area contributed by atoms with Crippen molar-refractivity contribution >= 4 is 29.7 Å². The third kappa shape index (κ3) is 15.0. The zero-order valence-corrected chi connectivity index (χ0v) is 39.6. The van der Waals surface area contributed by atoms with E-state index < -0.39 is 77.2 Å². The fraction of sp³-hybridized carbons (Fsp3) is 0.440. The maximum atomic E-state index is 14.1. The number of rotatable bonds is 11. The first-order chi connectivity index (χ1) is 32.9. The second-order valence-corrected chi connectivity index (χ2v) is 19.0. The molecule has 0 saturated carbocycles. The molecule has 13 nitrogen and oxygen atoms in total. The Hall–Kier alpha value is -6.98. The fourth-order valence-corrected chi connectivity index (χ4v) is 7.77. The van der Waals surface area contributed by atoms with E-state index in [1.54, 1.807) is 47.6 Å². The number of aromatic nitrogens is 2. The Labute approximate surface area is 404 Å². The number of pyridine rings is 2. The molecule has 2 aliphatic rings. The number of nitrogens with zero attached hydrogens (tertiary/aromatic N) is 5. The topological polar surface area (TPSA) is 186 Å². The molecule has 6 rings (SSSR count). The summed E-state index contributed by atoms with van der Waals surface area (Å²) in [5.74, 6) is -1.54. The largest absolute Gasteiger partial charge is 0.444 e. The average molecular weight is 1000 g/mol. The quantitative estimate of drug-likeness (QED) is 0.142. The van der Waals surface area contributed by atoms with E-state index >= 15 is 0 Å². The molecule has 2 aromatic carbocycles. The lowest BCUT2D eigenvalue weighted by atomic mass is 9.97. The number of carbonyl (C=O) groups is 5. The standard InChI is InChI=1S/C25H27F4N3O4.C25H25F4N3O3/c1-24(2,3)36-23(35)32-13-16(26)10-20(32)21(33)9-8-17-11-18(19(12-31-17)22(30)34)14-4-6-15(7-5-14)25(27,28)29;1-24(2,3)35-23(34)32-14-18(26)10-21(32)22(33)9-8-19-11-20(16(12-30)13-31-19)15-4-6-17(7-5-15)25(27,28)29/h4-7,11-12,16,20H,8-10,13H2,1-3H3,(H2,30,34);4-7,11,13,18,21H,8-10,14H2,1-3H3/t16-,20+;18-,21+/m11/s1. The molecule has 2 saturated heterocycles. The third-order valence-electron chi connectivity index (χ3n) is 11.1. The van der Waals surface area contributed by atoms with E-state index in [9.17, 15) is 64.4 Å². The second kappa shape index (κ2) is 22.0. The van der Waals surface area contributed by atoms with Crippen molar-refractivity contribution in [1.29, 1.82) is 5.26 Å². The van der Waals surface area contributed by atoms with Crippen molar-refractivity contribution < 1.29 is 68.6 Å². The summed E-state index contributed by atoms with van der Waals surface area (Å²) in [7, 11) is 0. The molecule has 0 spiro atoms. The highest BCUT2D eigenvalue weighted by molar-refractivity contribution is 5.99. The number of benzene rings is 2. The summed E-state index contributed by atoms with van der Waals surface area (Å²) in [6.45, 7) is 9.56. The van der Waals surface area contributed by atoms with Gasteiger partial charge in [0.05, 0.1) is 47.4 Å². The highest BCUT2D eigenvalue weighted by atomic mass is 19.4. The highest BCUT2D eigenvalue weighted by Crippen LogP contribution is 2.34. The monoisotopic (exact) mass is 1000 g/mol. The Morgan fingerprint density at radius 3 is 1.39 bits per heavy atom. The SMILES string of the molecule is CC(C)(C)OC(=O)N1C[C@H](F)C[C@H]1C(=O)CCc1cc(-c2ccc(C(F)(F)F)cc2)c(C#N)cn1.CC(C)(C)OC(=O)N1C[C@H](F)C[C@H]1C(=O)CCc1cc(-c2ccc(C(F)(F)F)cc2)c(C(N)=O)cn1. The lowest BCUT2D eigenvalue weighted by molar-refractivity contribution is -0.138. The number of ketones is 2. The number of halogens is 8. The van der Waals surface area contributed by atoms with E-state index in [0.717, 1.165) is 34.1 Å². The van der Waals surface area contributed by atoms with Gasteiger partial charge in [0.15, 0.2) is 11.6 Å².